The predicted molar refractivity (Wildman–Crippen MR) is 56.6 cm³/mol. The maximum Gasteiger partial charge on any atom is 0.410 e. The van der Waals surface area contributed by atoms with Crippen LogP contribution >= 0.6 is 0 Å². The smallest absolute Gasteiger partial charge is 0.410 e. The molecule has 0 bridgehead atoms. The standard InChI is InChI=1S/C11H16N2O3/c1-2-3-6-16-11(15)13-5-4-9(7-12)10(14)8-13/h9H,2-6,8H2,1H3. The molecule has 5 heteroatoms. The van der Waals surface area contributed by atoms with Crippen LogP contribution < -0.4 is 0 Å². The van der Waals surface area contributed by atoms with Crippen LogP contribution in [0.25, 0.3) is 0 Å². The van der Waals surface area contributed by atoms with Gasteiger partial charge in [-0.25, -0.2) is 4.79 Å². The number of nitrogens with zero attached hydrogens (tertiary/aromatic N) is 2. The highest BCUT2D eigenvalue weighted by atomic mass is 16.6. The molecule has 0 spiro atoms. The Morgan fingerprint density at radius 3 is 3.00 bits per heavy atom. The molecule has 0 aromatic heterocycles. The summed E-state index contributed by atoms with van der Waals surface area (Å²) < 4.78 is 4.99. The molecule has 1 saturated heterocycles. The number of carbonyl (C=O) groups is 2. The number of nitriles is 1. The number of likely N-dealkylation sites (tertiary alicyclic amines) is 1. The van der Waals surface area contributed by atoms with Crippen LogP contribution in [-0.2, 0) is 9.53 Å². The molecule has 1 fully saturated rings. The van der Waals surface area contributed by atoms with E-state index in [0.29, 0.717) is 19.6 Å². The molecule has 1 unspecified atom stereocenters. The minimum absolute atomic E-state index is 0.00316. The highest BCUT2D eigenvalue weighted by Gasteiger charge is 2.30. The third-order valence-electron chi connectivity index (χ3n) is 2.56. The zero-order valence-corrected chi connectivity index (χ0v) is 9.44. The van der Waals surface area contributed by atoms with Gasteiger partial charge in [0.25, 0.3) is 0 Å². The van der Waals surface area contributed by atoms with E-state index in [0.717, 1.165) is 12.8 Å². The van der Waals surface area contributed by atoms with E-state index in [-0.39, 0.29) is 12.3 Å². The molecule has 0 radical (unpaired) electrons. The molecule has 1 atom stereocenters. The summed E-state index contributed by atoms with van der Waals surface area (Å²) in [5.41, 5.74) is 0. The van der Waals surface area contributed by atoms with Crippen LogP contribution in [0.4, 0.5) is 4.79 Å². The van der Waals surface area contributed by atoms with Gasteiger partial charge in [-0.2, -0.15) is 5.26 Å². The first-order chi connectivity index (χ1) is 7.69. The van der Waals surface area contributed by atoms with E-state index in [1.54, 1.807) is 0 Å². The third kappa shape index (κ3) is 3.23. The molecular formula is C11H16N2O3. The lowest BCUT2D eigenvalue weighted by atomic mass is 9.97. The summed E-state index contributed by atoms with van der Waals surface area (Å²) in [6.45, 7) is 2.83. The van der Waals surface area contributed by atoms with E-state index in [9.17, 15) is 9.59 Å². The van der Waals surface area contributed by atoms with Gasteiger partial charge in [0.2, 0.25) is 0 Å². The number of hydrogen-bond donors (Lipinski definition) is 0. The van der Waals surface area contributed by atoms with Crippen LogP contribution in [0, 0.1) is 17.2 Å². The Balaban J connectivity index is 2.37. The SMILES string of the molecule is CCCCOC(=O)N1CCC(C#N)C(=O)C1. The van der Waals surface area contributed by atoms with Crippen LogP contribution in [0.1, 0.15) is 26.2 Å². The highest BCUT2D eigenvalue weighted by molar-refractivity contribution is 5.88. The van der Waals surface area contributed by atoms with Gasteiger partial charge in [0.05, 0.1) is 19.2 Å². The molecule has 1 aliphatic heterocycles. The van der Waals surface area contributed by atoms with Crippen LogP contribution in [0.5, 0.6) is 0 Å². The van der Waals surface area contributed by atoms with E-state index in [2.05, 4.69) is 0 Å². The summed E-state index contributed by atoms with van der Waals surface area (Å²) in [7, 11) is 0. The van der Waals surface area contributed by atoms with Gasteiger partial charge < -0.3 is 9.64 Å². The van der Waals surface area contributed by atoms with E-state index in [4.69, 9.17) is 10.00 Å². The Morgan fingerprint density at radius 1 is 1.69 bits per heavy atom. The number of amides is 1. The van der Waals surface area contributed by atoms with Gasteiger partial charge in [-0.3, -0.25) is 4.79 Å². The molecule has 1 heterocycles. The molecule has 1 rings (SSSR count). The van der Waals surface area contributed by atoms with Gasteiger partial charge in [0.1, 0.15) is 5.92 Å². The van der Waals surface area contributed by atoms with Gasteiger partial charge in [-0.1, -0.05) is 13.3 Å². The fraction of sp³-hybridized carbons (Fsp3) is 0.727. The van der Waals surface area contributed by atoms with Gasteiger partial charge >= 0.3 is 6.09 Å². The van der Waals surface area contributed by atoms with Gasteiger partial charge in [-0.05, 0) is 12.8 Å². The number of piperidine rings is 1. The summed E-state index contributed by atoms with van der Waals surface area (Å²) in [5.74, 6) is -0.749. The molecule has 16 heavy (non-hydrogen) atoms. The van der Waals surface area contributed by atoms with Gasteiger partial charge in [-0.15, -0.1) is 0 Å². The lowest BCUT2D eigenvalue weighted by Gasteiger charge is -2.27. The average Bonchev–Trinajstić information content (AvgIpc) is 2.29. The summed E-state index contributed by atoms with van der Waals surface area (Å²) >= 11 is 0. The van der Waals surface area contributed by atoms with Crippen molar-refractivity contribution in [2.24, 2.45) is 5.92 Å². The summed E-state index contributed by atoms with van der Waals surface area (Å²) in [6.07, 6.45) is 1.76. The van der Waals surface area contributed by atoms with Gasteiger partial charge in [0, 0.05) is 6.54 Å². The number of hydrogen-bond acceptors (Lipinski definition) is 4. The van der Waals surface area contributed by atoms with Crippen LogP contribution in [0.15, 0.2) is 0 Å². The normalized spacial score (nSPS) is 20.4. The van der Waals surface area contributed by atoms with E-state index < -0.39 is 12.0 Å². The maximum absolute atomic E-state index is 11.5. The molecule has 0 saturated carbocycles. The quantitative estimate of drug-likeness (QED) is 0.678. The molecule has 0 aliphatic carbocycles. The van der Waals surface area contributed by atoms with Crippen LogP contribution in [0.2, 0.25) is 0 Å². The van der Waals surface area contributed by atoms with E-state index in [1.165, 1.54) is 4.90 Å². The predicted octanol–water partition coefficient (Wildman–Crippen LogP) is 1.34. The Bertz CT molecular complexity index is 309. The molecule has 1 amide bonds. The van der Waals surface area contributed by atoms with Crippen molar-refractivity contribution >= 4 is 11.9 Å². The number of ketones is 1. The number of carbonyl (C=O) groups excluding carboxylic acids is 2. The second-order valence-electron chi connectivity index (χ2n) is 3.83. The Hall–Kier alpha value is -1.57. The Kier molecular flexibility index (Phi) is 4.77. The fourth-order valence-electron chi connectivity index (χ4n) is 1.51. The van der Waals surface area contributed by atoms with Crippen LogP contribution in [0.3, 0.4) is 0 Å². The molecule has 5 nitrogen and oxygen atoms in total. The molecule has 0 aromatic carbocycles. The lowest BCUT2D eigenvalue weighted by Crippen LogP contribution is -2.44. The molecule has 0 aromatic rings. The summed E-state index contributed by atoms with van der Waals surface area (Å²) in [4.78, 5) is 24.2. The number of ether oxygens (including phenoxy) is 1. The first kappa shape index (κ1) is 12.5. The molecule has 1 aliphatic rings. The average molecular weight is 224 g/mol. The number of unbranched alkanes of at least 4 members (excludes halogenated alkanes) is 1. The second kappa shape index (κ2) is 6.11. The Morgan fingerprint density at radius 2 is 2.44 bits per heavy atom. The monoisotopic (exact) mass is 224 g/mol. The largest absolute Gasteiger partial charge is 0.449 e. The first-order valence-corrected chi connectivity index (χ1v) is 5.53. The maximum atomic E-state index is 11.5. The Labute approximate surface area is 95.0 Å². The zero-order chi connectivity index (χ0) is 12.0. The molecule has 88 valence electrons. The van der Waals surface area contributed by atoms with E-state index >= 15 is 0 Å². The number of rotatable bonds is 3. The van der Waals surface area contributed by atoms with Crippen molar-refractivity contribution in [2.45, 2.75) is 26.2 Å². The summed E-state index contributed by atoms with van der Waals surface area (Å²) in [5, 5.41) is 8.65. The van der Waals surface area contributed by atoms with Crippen molar-refractivity contribution in [2.75, 3.05) is 19.7 Å². The minimum Gasteiger partial charge on any atom is -0.449 e. The minimum atomic E-state index is -0.556. The van der Waals surface area contributed by atoms with Crippen LogP contribution in [-0.4, -0.2) is 36.5 Å². The van der Waals surface area contributed by atoms with Crippen molar-refractivity contribution in [3.8, 4) is 6.07 Å². The highest BCUT2D eigenvalue weighted by Crippen LogP contribution is 2.13. The second-order valence-corrected chi connectivity index (χ2v) is 3.83. The zero-order valence-electron chi connectivity index (χ0n) is 9.44. The number of Topliss-reactive ketones (excluding diaryl/α,β-unsaturated/α-hetero) is 1. The van der Waals surface area contributed by atoms with Crippen molar-refractivity contribution in [3.05, 3.63) is 0 Å². The van der Waals surface area contributed by atoms with Gasteiger partial charge in [0.15, 0.2) is 5.78 Å². The third-order valence-corrected chi connectivity index (χ3v) is 2.56. The fourth-order valence-corrected chi connectivity index (χ4v) is 1.51. The van der Waals surface area contributed by atoms with Crippen molar-refractivity contribution in [1.82, 2.24) is 4.90 Å². The van der Waals surface area contributed by atoms with Crippen molar-refractivity contribution < 1.29 is 14.3 Å². The molecule has 0 N–H and O–H groups in total. The van der Waals surface area contributed by atoms with Crippen molar-refractivity contribution in [1.29, 1.82) is 5.26 Å². The van der Waals surface area contributed by atoms with Crippen molar-refractivity contribution in [3.63, 3.8) is 0 Å². The summed E-state index contributed by atoms with van der Waals surface area (Å²) in [6, 6.07) is 1.94. The topological polar surface area (TPSA) is 70.4 Å². The van der Waals surface area contributed by atoms with E-state index in [1.807, 2.05) is 13.0 Å². The molecular weight excluding hydrogens is 208 g/mol. The lowest BCUT2D eigenvalue weighted by molar-refractivity contribution is -0.124. The first-order valence-electron chi connectivity index (χ1n) is 5.53.